The van der Waals surface area contributed by atoms with Crippen LogP contribution in [-0.2, 0) is 0 Å². The Morgan fingerprint density at radius 3 is 2.83 bits per heavy atom. The molecule has 1 amide bonds. The molecule has 2 heterocycles. The minimum absolute atomic E-state index is 0.123. The van der Waals surface area contributed by atoms with Gasteiger partial charge in [0.2, 0.25) is 0 Å². The number of furan rings is 1. The van der Waals surface area contributed by atoms with E-state index in [2.05, 4.69) is 10.4 Å². The SMILES string of the molecule is CN(C)c1cccc(C(=O)NCC(c2ccco2)n2cccn2)c1. The fraction of sp³-hybridized carbons (Fsp3) is 0.222. The molecule has 0 radical (unpaired) electrons. The Labute approximate surface area is 140 Å². The van der Waals surface area contributed by atoms with Gasteiger partial charge in [-0.25, -0.2) is 0 Å². The second-order valence-corrected chi connectivity index (χ2v) is 5.67. The third-order valence-electron chi connectivity index (χ3n) is 3.80. The minimum Gasteiger partial charge on any atom is -0.467 e. The molecule has 0 spiro atoms. The van der Waals surface area contributed by atoms with Gasteiger partial charge in [0.25, 0.3) is 5.91 Å². The van der Waals surface area contributed by atoms with E-state index in [0.717, 1.165) is 11.4 Å². The lowest BCUT2D eigenvalue weighted by Gasteiger charge is -2.17. The van der Waals surface area contributed by atoms with E-state index in [4.69, 9.17) is 4.42 Å². The Balaban J connectivity index is 1.73. The number of benzene rings is 1. The van der Waals surface area contributed by atoms with Crippen LogP contribution in [0.25, 0.3) is 0 Å². The molecule has 0 saturated heterocycles. The molecule has 2 aromatic heterocycles. The van der Waals surface area contributed by atoms with Gasteiger partial charge >= 0.3 is 0 Å². The van der Waals surface area contributed by atoms with E-state index in [9.17, 15) is 4.79 Å². The highest BCUT2D eigenvalue weighted by atomic mass is 16.3. The van der Waals surface area contributed by atoms with Crippen LogP contribution in [0.2, 0.25) is 0 Å². The van der Waals surface area contributed by atoms with Crippen molar-refractivity contribution in [3.8, 4) is 0 Å². The summed E-state index contributed by atoms with van der Waals surface area (Å²) in [7, 11) is 3.89. The van der Waals surface area contributed by atoms with E-state index in [1.807, 2.05) is 61.6 Å². The maximum absolute atomic E-state index is 12.5. The Morgan fingerprint density at radius 2 is 2.17 bits per heavy atom. The van der Waals surface area contributed by atoms with Gasteiger partial charge in [-0.3, -0.25) is 9.48 Å². The first kappa shape index (κ1) is 15.9. The summed E-state index contributed by atoms with van der Waals surface area (Å²) in [4.78, 5) is 14.4. The Hall–Kier alpha value is -3.02. The summed E-state index contributed by atoms with van der Waals surface area (Å²) in [6.07, 6.45) is 5.18. The normalized spacial score (nSPS) is 11.9. The highest BCUT2D eigenvalue weighted by Gasteiger charge is 2.18. The molecular weight excluding hydrogens is 304 g/mol. The number of rotatable bonds is 6. The smallest absolute Gasteiger partial charge is 0.251 e. The van der Waals surface area contributed by atoms with Gasteiger partial charge < -0.3 is 14.6 Å². The minimum atomic E-state index is -0.184. The molecule has 1 unspecified atom stereocenters. The Morgan fingerprint density at radius 1 is 1.29 bits per heavy atom. The lowest BCUT2D eigenvalue weighted by Crippen LogP contribution is -2.31. The third-order valence-corrected chi connectivity index (χ3v) is 3.80. The summed E-state index contributed by atoms with van der Waals surface area (Å²) < 4.78 is 7.26. The fourth-order valence-corrected chi connectivity index (χ4v) is 2.49. The van der Waals surface area contributed by atoms with Gasteiger partial charge in [-0.05, 0) is 36.4 Å². The molecule has 0 aliphatic rings. The van der Waals surface area contributed by atoms with Gasteiger partial charge in [0.15, 0.2) is 0 Å². The van der Waals surface area contributed by atoms with Crippen molar-refractivity contribution in [2.75, 3.05) is 25.5 Å². The average molecular weight is 324 g/mol. The van der Waals surface area contributed by atoms with E-state index in [1.54, 1.807) is 23.2 Å². The van der Waals surface area contributed by atoms with E-state index in [1.165, 1.54) is 0 Å². The molecule has 24 heavy (non-hydrogen) atoms. The van der Waals surface area contributed by atoms with Gasteiger partial charge in [-0.1, -0.05) is 6.07 Å². The van der Waals surface area contributed by atoms with E-state index in [0.29, 0.717) is 12.1 Å². The first-order chi connectivity index (χ1) is 11.6. The number of nitrogens with zero attached hydrogens (tertiary/aromatic N) is 3. The topological polar surface area (TPSA) is 63.3 Å². The lowest BCUT2D eigenvalue weighted by atomic mass is 10.1. The molecule has 0 saturated carbocycles. The molecule has 3 aromatic rings. The van der Waals surface area contributed by atoms with Crippen molar-refractivity contribution < 1.29 is 9.21 Å². The number of carbonyl (C=O) groups excluding carboxylic acids is 1. The van der Waals surface area contributed by atoms with Gasteiger partial charge in [-0.15, -0.1) is 0 Å². The molecule has 1 atom stereocenters. The van der Waals surface area contributed by atoms with E-state index >= 15 is 0 Å². The number of hydrogen-bond acceptors (Lipinski definition) is 4. The summed E-state index contributed by atoms with van der Waals surface area (Å²) in [5, 5.41) is 7.22. The molecule has 0 fully saturated rings. The third kappa shape index (κ3) is 3.48. The summed E-state index contributed by atoms with van der Waals surface area (Å²) in [5.74, 6) is 0.628. The quantitative estimate of drug-likeness (QED) is 0.757. The number of anilines is 1. The maximum atomic E-state index is 12.5. The lowest BCUT2D eigenvalue weighted by molar-refractivity contribution is 0.0948. The van der Waals surface area contributed by atoms with Gasteiger partial charge in [0.05, 0.1) is 6.26 Å². The molecule has 0 aliphatic carbocycles. The molecule has 6 nitrogen and oxygen atoms in total. The summed E-state index contributed by atoms with van der Waals surface area (Å²) >= 11 is 0. The van der Waals surface area contributed by atoms with Crippen LogP contribution in [0, 0.1) is 0 Å². The average Bonchev–Trinajstić information content (AvgIpc) is 3.29. The first-order valence-electron chi connectivity index (χ1n) is 7.73. The molecule has 1 N–H and O–H groups in total. The van der Waals surface area contributed by atoms with Crippen LogP contribution in [0.5, 0.6) is 0 Å². The molecule has 1 aromatic carbocycles. The zero-order valence-corrected chi connectivity index (χ0v) is 13.7. The molecule has 0 aliphatic heterocycles. The van der Waals surface area contributed by atoms with Crippen LogP contribution >= 0.6 is 0 Å². The second-order valence-electron chi connectivity index (χ2n) is 5.67. The Kier molecular flexibility index (Phi) is 4.65. The van der Waals surface area contributed by atoms with Crippen LogP contribution in [-0.4, -0.2) is 36.3 Å². The standard InChI is InChI=1S/C18H20N4O2/c1-21(2)15-7-3-6-14(12-15)18(23)19-13-16(17-8-4-11-24-17)22-10-5-9-20-22/h3-12,16H,13H2,1-2H3,(H,19,23). The first-order valence-corrected chi connectivity index (χ1v) is 7.73. The molecular formula is C18H20N4O2. The molecule has 0 bridgehead atoms. The van der Waals surface area contributed by atoms with Crippen molar-refractivity contribution in [2.24, 2.45) is 0 Å². The number of carbonyl (C=O) groups is 1. The number of nitrogens with one attached hydrogen (secondary N) is 1. The van der Waals surface area contributed by atoms with Crippen molar-refractivity contribution in [1.29, 1.82) is 0 Å². The highest BCUT2D eigenvalue weighted by molar-refractivity contribution is 5.95. The monoisotopic (exact) mass is 324 g/mol. The molecule has 6 heteroatoms. The zero-order valence-electron chi connectivity index (χ0n) is 13.7. The highest BCUT2D eigenvalue weighted by Crippen LogP contribution is 2.18. The molecule has 3 rings (SSSR count). The van der Waals surface area contributed by atoms with Crippen molar-refractivity contribution in [3.05, 3.63) is 72.4 Å². The van der Waals surface area contributed by atoms with Gasteiger partial charge in [0.1, 0.15) is 11.8 Å². The van der Waals surface area contributed by atoms with Crippen LogP contribution in [0.15, 0.2) is 65.5 Å². The van der Waals surface area contributed by atoms with E-state index in [-0.39, 0.29) is 11.9 Å². The van der Waals surface area contributed by atoms with E-state index < -0.39 is 0 Å². The fourth-order valence-electron chi connectivity index (χ4n) is 2.49. The van der Waals surface area contributed by atoms with Crippen molar-refractivity contribution >= 4 is 11.6 Å². The van der Waals surface area contributed by atoms with Crippen LogP contribution in [0.1, 0.15) is 22.2 Å². The van der Waals surface area contributed by atoms with Crippen molar-refractivity contribution in [3.63, 3.8) is 0 Å². The van der Waals surface area contributed by atoms with Crippen LogP contribution in [0.4, 0.5) is 5.69 Å². The number of hydrogen-bond donors (Lipinski definition) is 1. The van der Waals surface area contributed by atoms with Gasteiger partial charge in [0, 0.05) is 44.3 Å². The predicted octanol–water partition coefficient (Wildman–Crippen LogP) is 2.56. The van der Waals surface area contributed by atoms with Crippen LogP contribution < -0.4 is 10.2 Å². The predicted molar refractivity (Wildman–Crippen MR) is 92.2 cm³/mol. The summed E-state index contributed by atoms with van der Waals surface area (Å²) in [5.41, 5.74) is 1.61. The van der Waals surface area contributed by atoms with Crippen molar-refractivity contribution in [1.82, 2.24) is 15.1 Å². The second kappa shape index (κ2) is 7.04. The largest absolute Gasteiger partial charge is 0.467 e. The number of amides is 1. The summed E-state index contributed by atoms with van der Waals surface area (Å²) in [6.45, 7) is 0.389. The van der Waals surface area contributed by atoms with Crippen molar-refractivity contribution in [2.45, 2.75) is 6.04 Å². The number of aromatic nitrogens is 2. The van der Waals surface area contributed by atoms with Crippen LogP contribution in [0.3, 0.4) is 0 Å². The molecule has 124 valence electrons. The zero-order chi connectivity index (χ0) is 16.9. The summed E-state index contributed by atoms with van der Waals surface area (Å²) in [6, 6.07) is 12.9. The Bertz CT molecular complexity index is 745. The van der Waals surface area contributed by atoms with Gasteiger partial charge in [-0.2, -0.15) is 5.10 Å². The maximum Gasteiger partial charge on any atom is 0.251 e.